The Morgan fingerprint density at radius 2 is 1.92 bits per heavy atom. The predicted molar refractivity (Wildman–Crippen MR) is 102 cm³/mol. The van der Waals surface area contributed by atoms with Crippen molar-refractivity contribution in [3.8, 4) is 11.6 Å². The van der Waals surface area contributed by atoms with Crippen LogP contribution in [-0.4, -0.2) is 26.0 Å². The van der Waals surface area contributed by atoms with E-state index >= 15 is 0 Å². The number of hydrogen-bond donors (Lipinski definition) is 2. The summed E-state index contributed by atoms with van der Waals surface area (Å²) < 4.78 is 6.60. The number of nitrogens with zero attached hydrogens (tertiary/aromatic N) is 3. The molecule has 2 heterocycles. The average molecular weight is 371 g/mol. The Morgan fingerprint density at radius 3 is 2.54 bits per heavy atom. The number of rotatable bonds is 6. The normalized spacial score (nSPS) is 12.3. The molecule has 1 amide bonds. The summed E-state index contributed by atoms with van der Waals surface area (Å²) >= 11 is 1.23. The smallest absolute Gasteiger partial charge is 0.237 e. The second kappa shape index (κ2) is 7.65. The van der Waals surface area contributed by atoms with E-state index in [0.717, 1.165) is 5.69 Å². The molecule has 0 aliphatic rings. The number of furan rings is 1. The molecule has 3 aromatic rings. The van der Waals surface area contributed by atoms with Gasteiger partial charge in [0, 0.05) is 5.69 Å². The molecule has 0 radical (unpaired) electrons. The Kier molecular flexibility index (Phi) is 5.32. The van der Waals surface area contributed by atoms with Crippen LogP contribution in [0.3, 0.4) is 0 Å². The van der Waals surface area contributed by atoms with Crippen LogP contribution in [-0.2, 0) is 4.79 Å². The Balaban J connectivity index is 1.64. The second-order valence-electron chi connectivity index (χ2n) is 6.18. The maximum atomic E-state index is 12.4. The van der Waals surface area contributed by atoms with Gasteiger partial charge in [-0.2, -0.15) is 0 Å². The molecule has 0 unspecified atom stereocenters. The highest BCUT2D eigenvalue weighted by atomic mass is 32.2. The number of amides is 1. The number of benzene rings is 1. The Bertz CT molecular complexity index is 872. The highest BCUT2D eigenvalue weighted by Gasteiger charge is 2.21. The van der Waals surface area contributed by atoms with Crippen molar-refractivity contribution in [2.45, 2.75) is 37.1 Å². The summed E-state index contributed by atoms with van der Waals surface area (Å²) in [5.41, 5.74) is 1.99. The molecule has 1 atom stereocenters. The molecule has 136 valence electrons. The van der Waals surface area contributed by atoms with Crippen LogP contribution in [0.15, 0.2) is 52.2 Å². The first-order valence-corrected chi connectivity index (χ1v) is 9.15. The van der Waals surface area contributed by atoms with Crippen molar-refractivity contribution in [1.82, 2.24) is 14.9 Å². The van der Waals surface area contributed by atoms with Gasteiger partial charge in [-0.3, -0.25) is 4.79 Å². The monoisotopic (exact) mass is 371 g/mol. The molecule has 26 heavy (non-hydrogen) atoms. The average Bonchev–Trinajstić information content (AvgIpc) is 3.26. The van der Waals surface area contributed by atoms with Crippen molar-refractivity contribution in [2.75, 3.05) is 11.2 Å². The molecule has 3 N–H and O–H groups in total. The molecule has 0 saturated carbocycles. The highest BCUT2D eigenvalue weighted by molar-refractivity contribution is 8.00. The molecule has 8 heteroatoms. The van der Waals surface area contributed by atoms with Crippen LogP contribution in [0.5, 0.6) is 0 Å². The largest absolute Gasteiger partial charge is 0.461 e. The van der Waals surface area contributed by atoms with Gasteiger partial charge in [0.1, 0.15) is 0 Å². The first-order chi connectivity index (χ1) is 12.5. The van der Waals surface area contributed by atoms with Crippen LogP contribution in [0.2, 0.25) is 0 Å². The van der Waals surface area contributed by atoms with Gasteiger partial charge in [0.2, 0.25) is 16.9 Å². The highest BCUT2D eigenvalue weighted by Crippen LogP contribution is 2.26. The van der Waals surface area contributed by atoms with Crippen molar-refractivity contribution in [1.29, 1.82) is 0 Å². The van der Waals surface area contributed by atoms with Gasteiger partial charge in [-0.25, -0.2) is 4.68 Å². The third kappa shape index (κ3) is 3.91. The zero-order valence-electron chi connectivity index (χ0n) is 14.8. The Labute approximate surface area is 156 Å². The molecule has 0 aliphatic heterocycles. The molecular formula is C18H21N5O2S. The zero-order chi connectivity index (χ0) is 18.7. The summed E-state index contributed by atoms with van der Waals surface area (Å²) in [6, 6.07) is 11.3. The third-order valence-electron chi connectivity index (χ3n) is 3.90. The minimum absolute atomic E-state index is 0.130. The topological polar surface area (TPSA) is 99.0 Å². The first-order valence-electron chi connectivity index (χ1n) is 8.27. The van der Waals surface area contributed by atoms with Crippen LogP contribution in [0.25, 0.3) is 11.6 Å². The fourth-order valence-corrected chi connectivity index (χ4v) is 3.11. The maximum Gasteiger partial charge on any atom is 0.237 e. The summed E-state index contributed by atoms with van der Waals surface area (Å²) in [5.74, 6) is 7.28. The lowest BCUT2D eigenvalue weighted by molar-refractivity contribution is -0.115. The van der Waals surface area contributed by atoms with Crippen molar-refractivity contribution in [2.24, 2.45) is 0 Å². The predicted octanol–water partition coefficient (Wildman–Crippen LogP) is 3.49. The number of hydrogen-bond acceptors (Lipinski definition) is 6. The van der Waals surface area contributed by atoms with Gasteiger partial charge in [-0.15, -0.1) is 10.2 Å². The number of anilines is 1. The number of carbonyl (C=O) groups is 1. The van der Waals surface area contributed by atoms with Crippen molar-refractivity contribution >= 4 is 23.4 Å². The lowest BCUT2D eigenvalue weighted by Gasteiger charge is -2.12. The number of nitrogens with one attached hydrogen (secondary N) is 1. The Morgan fingerprint density at radius 1 is 1.19 bits per heavy atom. The molecule has 0 fully saturated rings. The van der Waals surface area contributed by atoms with E-state index in [1.165, 1.54) is 28.3 Å². The number of aromatic nitrogens is 3. The minimum Gasteiger partial charge on any atom is -0.461 e. The van der Waals surface area contributed by atoms with Crippen LogP contribution < -0.4 is 11.2 Å². The number of nitrogens with two attached hydrogens (primary N) is 1. The van der Waals surface area contributed by atoms with Gasteiger partial charge in [0.15, 0.2) is 5.76 Å². The molecule has 0 saturated heterocycles. The van der Waals surface area contributed by atoms with Crippen LogP contribution in [0.4, 0.5) is 5.69 Å². The molecule has 3 rings (SSSR count). The molecule has 1 aromatic carbocycles. The third-order valence-corrected chi connectivity index (χ3v) is 4.96. The molecule has 0 spiro atoms. The van der Waals surface area contributed by atoms with Crippen molar-refractivity contribution in [3.05, 3.63) is 48.2 Å². The fraction of sp³-hybridized carbons (Fsp3) is 0.278. The van der Waals surface area contributed by atoms with Gasteiger partial charge < -0.3 is 15.6 Å². The van der Waals surface area contributed by atoms with Gasteiger partial charge in [0.05, 0.1) is 11.5 Å². The number of nitrogen functional groups attached to an aromatic ring is 1. The summed E-state index contributed by atoms with van der Waals surface area (Å²) in [6.07, 6.45) is 1.54. The lowest BCUT2D eigenvalue weighted by atomic mass is 10.0. The van der Waals surface area contributed by atoms with E-state index in [2.05, 4.69) is 29.4 Å². The summed E-state index contributed by atoms with van der Waals surface area (Å²) in [6.45, 7) is 6.06. The lowest BCUT2D eigenvalue weighted by Crippen LogP contribution is -2.23. The first kappa shape index (κ1) is 18.1. The van der Waals surface area contributed by atoms with Crippen LogP contribution in [0.1, 0.15) is 32.3 Å². The molecule has 2 aromatic heterocycles. The van der Waals surface area contributed by atoms with Gasteiger partial charge in [0.25, 0.3) is 0 Å². The molecule has 0 aliphatic carbocycles. The van der Waals surface area contributed by atoms with Gasteiger partial charge >= 0.3 is 0 Å². The SMILES string of the molecule is CC(C)c1ccc(NC(=O)[C@@H](C)Sc2nnc(-c3ccco3)n2N)cc1. The summed E-state index contributed by atoms with van der Waals surface area (Å²) in [7, 11) is 0. The van der Waals surface area contributed by atoms with Crippen LogP contribution >= 0.6 is 11.8 Å². The van der Waals surface area contributed by atoms with E-state index in [1.54, 1.807) is 19.1 Å². The number of carbonyl (C=O) groups excluding carboxylic acids is 1. The summed E-state index contributed by atoms with van der Waals surface area (Å²) in [5, 5.41) is 11.0. The van der Waals surface area contributed by atoms with E-state index in [0.29, 0.717) is 22.7 Å². The quantitative estimate of drug-likeness (QED) is 0.508. The summed E-state index contributed by atoms with van der Waals surface area (Å²) in [4.78, 5) is 12.4. The van der Waals surface area contributed by atoms with Crippen molar-refractivity contribution < 1.29 is 9.21 Å². The molecule has 7 nitrogen and oxygen atoms in total. The van der Waals surface area contributed by atoms with E-state index in [1.807, 2.05) is 24.3 Å². The fourth-order valence-electron chi connectivity index (χ4n) is 2.34. The second-order valence-corrected chi connectivity index (χ2v) is 7.49. The van der Waals surface area contributed by atoms with Crippen molar-refractivity contribution in [3.63, 3.8) is 0 Å². The van der Waals surface area contributed by atoms with E-state index in [4.69, 9.17) is 10.3 Å². The van der Waals surface area contributed by atoms with E-state index in [-0.39, 0.29) is 5.91 Å². The number of thioether (sulfide) groups is 1. The van der Waals surface area contributed by atoms with Crippen LogP contribution in [0, 0.1) is 0 Å². The van der Waals surface area contributed by atoms with E-state index in [9.17, 15) is 4.79 Å². The van der Waals surface area contributed by atoms with Gasteiger partial charge in [-0.1, -0.05) is 37.7 Å². The zero-order valence-corrected chi connectivity index (χ0v) is 15.7. The standard InChI is InChI=1S/C18H21N5O2S/c1-11(2)13-6-8-14(9-7-13)20-17(24)12(3)26-18-22-21-16(23(18)19)15-5-4-10-25-15/h4-12H,19H2,1-3H3,(H,20,24)/t12-/m1/s1. The van der Waals surface area contributed by atoms with E-state index < -0.39 is 5.25 Å². The van der Waals surface area contributed by atoms with Gasteiger partial charge in [-0.05, 0) is 42.7 Å². The molecular weight excluding hydrogens is 350 g/mol. The minimum atomic E-state index is -0.393. The molecule has 0 bridgehead atoms. The maximum absolute atomic E-state index is 12.4. The Hall–Kier alpha value is -2.74.